The van der Waals surface area contributed by atoms with Crippen molar-refractivity contribution in [2.75, 3.05) is 16.0 Å². The minimum atomic E-state index is -0.347. The van der Waals surface area contributed by atoms with Gasteiger partial charge in [-0.05, 0) is 57.6 Å². The number of halogens is 1. The van der Waals surface area contributed by atoms with Gasteiger partial charge in [0, 0.05) is 48.5 Å². The number of fused-ring (bicyclic) bond motifs is 1. The van der Waals surface area contributed by atoms with Crippen molar-refractivity contribution in [1.29, 1.82) is 0 Å². The van der Waals surface area contributed by atoms with Crippen molar-refractivity contribution < 1.29 is 9.59 Å². The van der Waals surface area contributed by atoms with Crippen molar-refractivity contribution in [3.8, 4) is 0 Å². The van der Waals surface area contributed by atoms with Crippen molar-refractivity contribution in [2.45, 2.75) is 76.0 Å². The summed E-state index contributed by atoms with van der Waals surface area (Å²) in [7, 11) is 0. The molecule has 0 radical (unpaired) electrons. The van der Waals surface area contributed by atoms with E-state index in [0.29, 0.717) is 40.5 Å². The molecule has 2 saturated carbocycles. The maximum atomic E-state index is 13.1. The molecule has 1 atom stereocenters. The monoisotopic (exact) mass is 525 g/mol. The molecule has 2 amide bonds. The van der Waals surface area contributed by atoms with E-state index in [1.165, 1.54) is 12.4 Å². The van der Waals surface area contributed by atoms with E-state index in [4.69, 9.17) is 22.4 Å². The van der Waals surface area contributed by atoms with Gasteiger partial charge in [-0.25, -0.2) is 14.5 Å². The Labute approximate surface area is 219 Å². The molecule has 6 N–H and O–H groups in total. The van der Waals surface area contributed by atoms with Gasteiger partial charge in [0.15, 0.2) is 11.3 Å². The number of nitrogens with zero attached hydrogens (tertiary/aromatic N) is 4. The minimum Gasteiger partial charge on any atom is -0.379 e. The summed E-state index contributed by atoms with van der Waals surface area (Å²) in [5.74, 6) is 0.327. The Morgan fingerprint density at radius 2 is 1.78 bits per heavy atom. The topological polar surface area (TPSA) is 151 Å². The molecule has 0 spiro atoms. The highest BCUT2D eigenvalue weighted by Gasteiger charge is 2.26. The van der Waals surface area contributed by atoms with Crippen molar-refractivity contribution in [3.63, 3.8) is 0 Å². The molecule has 196 valence electrons. The molecular formula is C25H32ClN9O2. The van der Waals surface area contributed by atoms with Crippen LogP contribution < -0.4 is 27.0 Å². The molecule has 2 aliphatic rings. The van der Waals surface area contributed by atoms with Gasteiger partial charge in [0.05, 0.1) is 11.9 Å². The third kappa shape index (κ3) is 6.47. The summed E-state index contributed by atoms with van der Waals surface area (Å²) in [6, 6.07) is 5.85. The Bertz CT molecular complexity index is 1280. The van der Waals surface area contributed by atoms with Crippen molar-refractivity contribution in [1.82, 2.24) is 24.9 Å². The van der Waals surface area contributed by atoms with Crippen LogP contribution in [0, 0.1) is 0 Å². The standard InChI is InChI=1S/C25H32ClN9O2/c1-14(27)10-23(36)32-17-6-4-16(5-7-17)31-22-12-19(30-15-2-3-15)24-29-13-20(35(24)34-22)25(37)33-18-8-9-28-21(26)11-18/h8-9,11-17,30H,2-7,10,27H2,1H3,(H,31,34)(H,32,36)(H,28,33,37)/t14-,16?,17?/m0/s1. The number of nitrogens with one attached hydrogen (secondary N) is 4. The lowest BCUT2D eigenvalue weighted by Crippen LogP contribution is -2.41. The molecule has 5 rings (SSSR count). The van der Waals surface area contributed by atoms with Gasteiger partial charge >= 0.3 is 0 Å². The summed E-state index contributed by atoms with van der Waals surface area (Å²) < 4.78 is 1.57. The first-order valence-corrected chi connectivity index (χ1v) is 13.1. The summed E-state index contributed by atoms with van der Waals surface area (Å²) >= 11 is 5.96. The lowest BCUT2D eigenvalue weighted by molar-refractivity contribution is -0.122. The third-order valence-corrected chi connectivity index (χ3v) is 6.78. The molecule has 3 heterocycles. The average Bonchev–Trinajstić information content (AvgIpc) is 3.55. The van der Waals surface area contributed by atoms with Crippen LogP contribution in [0.1, 0.15) is 62.4 Å². The number of amides is 2. The van der Waals surface area contributed by atoms with Crippen LogP contribution in [0.4, 0.5) is 17.2 Å². The summed E-state index contributed by atoms with van der Waals surface area (Å²) in [6.45, 7) is 1.83. The largest absolute Gasteiger partial charge is 0.379 e. The molecule has 3 aromatic rings. The molecule has 2 fully saturated rings. The van der Waals surface area contributed by atoms with Crippen LogP contribution in [-0.2, 0) is 4.79 Å². The second kappa shape index (κ2) is 10.9. The number of nitrogens with two attached hydrogens (primary N) is 1. The summed E-state index contributed by atoms with van der Waals surface area (Å²) in [5.41, 5.74) is 8.01. The van der Waals surface area contributed by atoms with Crippen LogP contribution in [0.5, 0.6) is 0 Å². The zero-order chi connectivity index (χ0) is 25.9. The number of carbonyl (C=O) groups excluding carboxylic acids is 2. The van der Waals surface area contributed by atoms with E-state index in [1.807, 2.05) is 13.0 Å². The fourth-order valence-electron chi connectivity index (χ4n) is 4.59. The Hall–Kier alpha value is -3.44. The molecule has 0 aromatic carbocycles. The second-order valence-corrected chi connectivity index (χ2v) is 10.4. The number of imidazole rings is 1. The van der Waals surface area contributed by atoms with Gasteiger partial charge in [0.25, 0.3) is 5.91 Å². The molecule has 3 aromatic heterocycles. The van der Waals surface area contributed by atoms with E-state index in [0.717, 1.165) is 44.2 Å². The van der Waals surface area contributed by atoms with Gasteiger partial charge in [0.2, 0.25) is 5.91 Å². The lowest BCUT2D eigenvalue weighted by atomic mass is 9.91. The number of anilines is 3. The molecule has 0 unspecified atom stereocenters. The highest BCUT2D eigenvalue weighted by Crippen LogP contribution is 2.30. The fourth-order valence-corrected chi connectivity index (χ4v) is 4.77. The molecule has 37 heavy (non-hydrogen) atoms. The van der Waals surface area contributed by atoms with Crippen LogP contribution in [-0.4, -0.2) is 55.6 Å². The molecular weight excluding hydrogens is 494 g/mol. The quantitative estimate of drug-likeness (QED) is 0.267. The Morgan fingerprint density at radius 1 is 1.08 bits per heavy atom. The number of pyridine rings is 1. The van der Waals surface area contributed by atoms with Gasteiger partial charge in [-0.15, -0.1) is 5.10 Å². The Balaban J connectivity index is 1.31. The maximum Gasteiger partial charge on any atom is 0.276 e. The van der Waals surface area contributed by atoms with Crippen LogP contribution >= 0.6 is 11.6 Å². The zero-order valence-corrected chi connectivity index (χ0v) is 21.5. The fraction of sp³-hybridized carbons (Fsp3) is 0.480. The van der Waals surface area contributed by atoms with Crippen LogP contribution in [0.3, 0.4) is 0 Å². The highest BCUT2D eigenvalue weighted by molar-refractivity contribution is 6.29. The molecule has 11 nitrogen and oxygen atoms in total. The summed E-state index contributed by atoms with van der Waals surface area (Å²) in [5, 5.41) is 18.0. The predicted molar refractivity (Wildman–Crippen MR) is 143 cm³/mol. The maximum absolute atomic E-state index is 13.1. The normalized spacial score (nSPS) is 20.3. The van der Waals surface area contributed by atoms with E-state index < -0.39 is 0 Å². The number of rotatable bonds is 9. The van der Waals surface area contributed by atoms with Gasteiger partial charge < -0.3 is 27.0 Å². The van der Waals surface area contributed by atoms with E-state index in [-0.39, 0.29) is 29.9 Å². The van der Waals surface area contributed by atoms with Gasteiger partial charge in [-0.3, -0.25) is 9.59 Å². The lowest BCUT2D eigenvalue weighted by Gasteiger charge is -2.30. The second-order valence-electron chi connectivity index (χ2n) is 10.0. The average molecular weight is 526 g/mol. The van der Waals surface area contributed by atoms with Crippen molar-refractivity contribution >= 4 is 46.3 Å². The number of aromatic nitrogens is 4. The van der Waals surface area contributed by atoms with E-state index >= 15 is 0 Å². The molecule has 0 bridgehead atoms. The summed E-state index contributed by atoms with van der Waals surface area (Å²) in [6.07, 6.45) is 9.16. The third-order valence-electron chi connectivity index (χ3n) is 6.57. The zero-order valence-electron chi connectivity index (χ0n) is 20.7. The van der Waals surface area contributed by atoms with Crippen LogP contribution in [0.15, 0.2) is 30.6 Å². The number of carbonyl (C=O) groups is 2. The predicted octanol–water partition coefficient (Wildman–Crippen LogP) is 3.18. The molecule has 12 heteroatoms. The van der Waals surface area contributed by atoms with Crippen LogP contribution in [0.25, 0.3) is 5.65 Å². The SMILES string of the molecule is C[C@H](N)CC(=O)NC1CCC(Nc2cc(NC3CC3)c3ncc(C(=O)Nc4ccnc(Cl)c4)n3n2)CC1. The van der Waals surface area contributed by atoms with Gasteiger partial charge in [-0.2, -0.15) is 0 Å². The first kappa shape index (κ1) is 25.2. The molecule has 2 aliphatic carbocycles. The van der Waals surface area contributed by atoms with E-state index in [9.17, 15) is 9.59 Å². The number of hydrogen-bond acceptors (Lipinski definition) is 8. The van der Waals surface area contributed by atoms with Crippen molar-refractivity contribution in [2.24, 2.45) is 5.73 Å². The van der Waals surface area contributed by atoms with Crippen LogP contribution in [0.2, 0.25) is 5.15 Å². The van der Waals surface area contributed by atoms with E-state index in [1.54, 1.807) is 16.6 Å². The smallest absolute Gasteiger partial charge is 0.276 e. The minimum absolute atomic E-state index is 0.00858. The van der Waals surface area contributed by atoms with Crippen molar-refractivity contribution in [3.05, 3.63) is 41.4 Å². The first-order valence-electron chi connectivity index (χ1n) is 12.7. The van der Waals surface area contributed by atoms with Gasteiger partial charge in [-0.1, -0.05) is 11.6 Å². The van der Waals surface area contributed by atoms with E-state index in [2.05, 4.69) is 31.2 Å². The molecule has 0 saturated heterocycles. The molecule has 0 aliphatic heterocycles. The first-order chi connectivity index (χ1) is 17.8. The van der Waals surface area contributed by atoms with Gasteiger partial charge in [0.1, 0.15) is 11.0 Å². The Morgan fingerprint density at radius 3 is 2.49 bits per heavy atom. The summed E-state index contributed by atoms with van der Waals surface area (Å²) in [4.78, 5) is 33.6. The Kier molecular flexibility index (Phi) is 7.43. The number of hydrogen-bond donors (Lipinski definition) is 5. The highest BCUT2D eigenvalue weighted by atomic mass is 35.5.